The van der Waals surface area contributed by atoms with Gasteiger partial charge in [0.1, 0.15) is 0 Å². The monoisotopic (exact) mass is 624 g/mol. The quantitative estimate of drug-likeness (QED) is 0.166. The van der Waals surface area contributed by atoms with E-state index in [1.165, 1.54) is 11.1 Å². The van der Waals surface area contributed by atoms with Crippen molar-refractivity contribution in [2.45, 2.75) is 53.1 Å². The number of H-pyrrole nitrogens is 2. The summed E-state index contributed by atoms with van der Waals surface area (Å²) in [6, 6.07) is 15.7. The van der Waals surface area contributed by atoms with E-state index in [1.54, 1.807) is 45.6 Å². The minimum atomic E-state index is -0.836. The normalized spacial score (nSPS) is 11.9. The molecule has 0 aliphatic rings. The summed E-state index contributed by atoms with van der Waals surface area (Å²) < 4.78 is 4.14. The van der Waals surface area contributed by atoms with Crippen LogP contribution in [-0.4, -0.2) is 49.6 Å². The molecule has 0 radical (unpaired) electrons. The molecule has 0 spiro atoms. The van der Waals surface area contributed by atoms with E-state index < -0.39 is 5.60 Å². The van der Waals surface area contributed by atoms with Gasteiger partial charge in [-0.25, -0.2) is 19.9 Å². The standard InChI is InChI=1S/C19H20N4O.C18H16N4O/c1-4-14-16(12-5-7-13(8-6-12)19(2,3)24)22-18-17(14)23-10-9-20-15(23)11-21-18;1-3-14-16(13-6-4-12(5-7-13)11(2)23)21-18-17(14)22-9-8-19-15(22)10-20-18/h5-11,22,24H,4H2,1-3H3;4-10,21H,3H2,1-2H3. The molecule has 0 amide bonds. The summed E-state index contributed by atoms with van der Waals surface area (Å²) in [5.74, 6) is 0.0747. The van der Waals surface area contributed by atoms with E-state index in [-0.39, 0.29) is 5.78 Å². The van der Waals surface area contributed by atoms with Crippen LogP contribution >= 0.6 is 0 Å². The summed E-state index contributed by atoms with van der Waals surface area (Å²) in [4.78, 5) is 35.9. The SMILES string of the molecule is CCc1c(-c2ccc(C(C)(C)O)cc2)[nH]c2ncc3nccn3c12.CCc1c(-c2ccc(C(C)=O)cc2)[nH]c2ncc3nccn3c12. The van der Waals surface area contributed by atoms with Crippen molar-refractivity contribution in [2.24, 2.45) is 0 Å². The first-order valence-corrected chi connectivity index (χ1v) is 15.8. The maximum absolute atomic E-state index is 11.4. The molecule has 6 aromatic heterocycles. The van der Waals surface area contributed by atoms with E-state index in [9.17, 15) is 9.90 Å². The van der Waals surface area contributed by atoms with E-state index in [2.05, 4.69) is 52.6 Å². The zero-order valence-corrected chi connectivity index (χ0v) is 27.0. The van der Waals surface area contributed by atoms with Crippen molar-refractivity contribution in [3.05, 3.63) is 108 Å². The lowest BCUT2D eigenvalue weighted by molar-refractivity contribution is 0.0786. The van der Waals surface area contributed by atoms with Crippen molar-refractivity contribution in [1.29, 1.82) is 0 Å². The fraction of sp³-hybridized carbons (Fsp3) is 0.216. The van der Waals surface area contributed by atoms with Crippen molar-refractivity contribution in [2.75, 3.05) is 0 Å². The summed E-state index contributed by atoms with van der Waals surface area (Å²) in [5, 5.41) is 10.1. The van der Waals surface area contributed by atoms with Crippen LogP contribution in [0.3, 0.4) is 0 Å². The zero-order valence-electron chi connectivity index (χ0n) is 27.0. The molecule has 8 rings (SSSR count). The van der Waals surface area contributed by atoms with Crippen molar-refractivity contribution in [3.8, 4) is 22.5 Å². The lowest BCUT2D eigenvalue weighted by atomic mass is 9.96. The maximum Gasteiger partial charge on any atom is 0.159 e. The summed E-state index contributed by atoms with van der Waals surface area (Å²) in [6.07, 6.45) is 12.8. The number of nitrogens with zero attached hydrogens (tertiary/aromatic N) is 6. The van der Waals surface area contributed by atoms with Gasteiger partial charge in [-0.3, -0.25) is 13.6 Å². The number of aryl methyl sites for hydroxylation is 2. The number of fused-ring (bicyclic) bond motifs is 6. The van der Waals surface area contributed by atoms with Gasteiger partial charge in [0.15, 0.2) is 28.4 Å². The van der Waals surface area contributed by atoms with Gasteiger partial charge in [0.2, 0.25) is 0 Å². The van der Waals surface area contributed by atoms with Crippen molar-refractivity contribution >= 4 is 39.4 Å². The van der Waals surface area contributed by atoms with Gasteiger partial charge >= 0.3 is 0 Å². The fourth-order valence-electron chi connectivity index (χ4n) is 6.28. The Labute approximate surface area is 271 Å². The van der Waals surface area contributed by atoms with Crippen LogP contribution in [0.4, 0.5) is 0 Å². The number of hydrogen-bond acceptors (Lipinski definition) is 6. The average molecular weight is 625 g/mol. The molecule has 0 bridgehead atoms. The van der Waals surface area contributed by atoms with Crippen LogP contribution < -0.4 is 0 Å². The molecular formula is C37H36N8O2. The summed E-state index contributed by atoms with van der Waals surface area (Å²) in [7, 11) is 0. The number of imidazole rings is 2. The van der Waals surface area contributed by atoms with Crippen LogP contribution in [0.2, 0.25) is 0 Å². The third-order valence-electron chi connectivity index (χ3n) is 8.72. The van der Waals surface area contributed by atoms with Crippen LogP contribution in [0.15, 0.2) is 85.7 Å². The van der Waals surface area contributed by atoms with E-state index >= 15 is 0 Å². The van der Waals surface area contributed by atoms with Crippen molar-refractivity contribution in [1.82, 2.24) is 38.7 Å². The third kappa shape index (κ3) is 5.26. The first-order valence-electron chi connectivity index (χ1n) is 15.8. The Morgan fingerprint density at radius 3 is 1.57 bits per heavy atom. The molecular weight excluding hydrogens is 588 g/mol. The van der Waals surface area contributed by atoms with E-state index in [0.29, 0.717) is 0 Å². The van der Waals surface area contributed by atoms with Gasteiger partial charge in [0.25, 0.3) is 0 Å². The van der Waals surface area contributed by atoms with Crippen LogP contribution in [0.1, 0.15) is 61.7 Å². The summed E-state index contributed by atoms with van der Waals surface area (Å²) in [5.41, 5.74) is 13.0. The highest BCUT2D eigenvalue weighted by Crippen LogP contribution is 2.33. The molecule has 0 unspecified atom stereocenters. The lowest BCUT2D eigenvalue weighted by Crippen LogP contribution is -2.14. The Hall–Kier alpha value is -5.61. The highest BCUT2D eigenvalue weighted by molar-refractivity contribution is 5.95. The third-order valence-corrected chi connectivity index (χ3v) is 8.72. The van der Waals surface area contributed by atoms with Crippen LogP contribution in [0.25, 0.3) is 56.1 Å². The number of hydrogen-bond donors (Lipinski definition) is 3. The van der Waals surface area contributed by atoms with Gasteiger partial charge in [-0.1, -0.05) is 62.4 Å². The number of aromatic amines is 2. The Morgan fingerprint density at radius 1 is 0.723 bits per heavy atom. The number of ketones is 1. The molecule has 10 nitrogen and oxygen atoms in total. The number of nitrogens with one attached hydrogen (secondary N) is 2. The predicted molar refractivity (Wildman–Crippen MR) is 185 cm³/mol. The molecule has 0 atom stereocenters. The van der Waals surface area contributed by atoms with E-state index in [4.69, 9.17) is 0 Å². The molecule has 8 aromatic rings. The van der Waals surface area contributed by atoms with Gasteiger partial charge in [-0.2, -0.15) is 0 Å². The molecule has 0 aliphatic heterocycles. The number of carbonyl (C=O) groups is 1. The van der Waals surface area contributed by atoms with Gasteiger partial charge in [0, 0.05) is 41.5 Å². The average Bonchev–Trinajstić information content (AvgIpc) is 3.87. The van der Waals surface area contributed by atoms with Gasteiger partial charge in [0.05, 0.1) is 40.4 Å². The number of Topliss-reactive ketones (excluding diaryl/α,β-unsaturated/α-hetero) is 1. The van der Waals surface area contributed by atoms with Crippen molar-refractivity contribution in [3.63, 3.8) is 0 Å². The van der Waals surface area contributed by atoms with Gasteiger partial charge in [-0.15, -0.1) is 0 Å². The minimum Gasteiger partial charge on any atom is -0.386 e. The second kappa shape index (κ2) is 11.6. The number of aliphatic hydroxyl groups is 1. The van der Waals surface area contributed by atoms with Gasteiger partial charge in [-0.05, 0) is 50.3 Å². The molecule has 6 heterocycles. The highest BCUT2D eigenvalue weighted by atomic mass is 16.3. The van der Waals surface area contributed by atoms with Crippen LogP contribution in [0.5, 0.6) is 0 Å². The van der Waals surface area contributed by atoms with Crippen molar-refractivity contribution < 1.29 is 9.90 Å². The summed E-state index contributed by atoms with van der Waals surface area (Å²) >= 11 is 0. The lowest BCUT2D eigenvalue weighted by Gasteiger charge is -2.17. The Bertz CT molecular complexity index is 2380. The fourth-order valence-corrected chi connectivity index (χ4v) is 6.28. The molecule has 0 saturated heterocycles. The first kappa shape index (κ1) is 30.1. The predicted octanol–water partition coefficient (Wildman–Crippen LogP) is 7.31. The Kier molecular flexibility index (Phi) is 7.44. The Balaban J connectivity index is 0.000000150. The maximum atomic E-state index is 11.4. The number of benzene rings is 2. The first-order chi connectivity index (χ1) is 22.7. The molecule has 0 saturated carbocycles. The van der Waals surface area contributed by atoms with Crippen LogP contribution in [0, 0.1) is 0 Å². The smallest absolute Gasteiger partial charge is 0.159 e. The van der Waals surface area contributed by atoms with E-state index in [1.807, 2.05) is 60.9 Å². The molecule has 10 heteroatoms. The molecule has 2 aromatic carbocycles. The number of aromatic nitrogens is 8. The second-order valence-corrected chi connectivity index (χ2v) is 12.2. The zero-order chi connectivity index (χ0) is 32.9. The molecule has 47 heavy (non-hydrogen) atoms. The topological polar surface area (TPSA) is 129 Å². The largest absolute Gasteiger partial charge is 0.386 e. The molecule has 236 valence electrons. The summed E-state index contributed by atoms with van der Waals surface area (Å²) in [6.45, 7) is 9.44. The highest BCUT2D eigenvalue weighted by Gasteiger charge is 2.19. The van der Waals surface area contributed by atoms with Gasteiger partial charge < -0.3 is 15.1 Å². The molecule has 0 aliphatic carbocycles. The number of rotatable bonds is 6. The van der Waals surface area contributed by atoms with Crippen LogP contribution in [-0.2, 0) is 18.4 Å². The second-order valence-electron chi connectivity index (χ2n) is 12.2. The molecule has 0 fully saturated rings. The Morgan fingerprint density at radius 2 is 1.17 bits per heavy atom. The molecule has 3 N–H and O–H groups in total. The minimum absolute atomic E-state index is 0.0747. The number of carbonyl (C=O) groups excluding carboxylic acids is 1. The van der Waals surface area contributed by atoms with E-state index in [0.717, 1.165) is 80.1 Å².